The van der Waals surface area contributed by atoms with Gasteiger partial charge >= 0.3 is 0 Å². The third-order valence-electron chi connectivity index (χ3n) is 3.24. The Bertz CT molecular complexity index is 265. The van der Waals surface area contributed by atoms with Gasteiger partial charge in [0.05, 0.1) is 0 Å². The average Bonchev–Trinajstić information content (AvgIpc) is 2.28. The molecule has 0 amide bonds. The molecule has 1 rings (SSSR count). The van der Waals surface area contributed by atoms with Crippen molar-refractivity contribution in [1.82, 2.24) is 10.2 Å². The molecule has 1 unspecified atom stereocenters. The lowest BCUT2D eigenvalue weighted by molar-refractivity contribution is -0.138. The second-order valence-corrected chi connectivity index (χ2v) is 7.34. The molecule has 0 aromatic rings. The zero-order valence-electron chi connectivity index (χ0n) is 14.5. The van der Waals surface area contributed by atoms with Crippen molar-refractivity contribution in [3.63, 3.8) is 0 Å². The summed E-state index contributed by atoms with van der Waals surface area (Å²) in [6.07, 6.45) is 2.61. The van der Waals surface area contributed by atoms with Gasteiger partial charge in [-0.05, 0) is 48.0 Å². The summed E-state index contributed by atoms with van der Waals surface area (Å²) in [6.45, 7) is 18.7. The van der Waals surface area contributed by atoms with Crippen LogP contribution in [0, 0.1) is 0 Å². The quantitative estimate of drug-likeness (QED) is 0.810. The molecule has 4 nitrogen and oxygen atoms in total. The number of hydrogen-bond acceptors (Lipinski definition) is 4. The van der Waals surface area contributed by atoms with Crippen LogP contribution in [0.5, 0.6) is 0 Å². The Morgan fingerprint density at radius 3 is 2.20 bits per heavy atom. The molecule has 1 heterocycles. The van der Waals surface area contributed by atoms with Crippen LogP contribution >= 0.6 is 0 Å². The van der Waals surface area contributed by atoms with E-state index < -0.39 is 0 Å². The zero-order chi connectivity index (χ0) is 15.8. The number of piperazine rings is 1. The fourth-order valence-corrected chi connectivity index (χ4v) is 2.38. The van der Waals surface area contributed by atoms with E-state index in [1.54, 1.807) is 0 Å². The van der Waals surface area contributed by atoms with Crippen LogP contribution in [0.3, 0.4) is 0 Å². The van der Waals surface area contributed by atoms with Gasteiger partial charge in [-0.15, -0.1) is 0 Å². The van der Waals surface area contributed by atoms with E-state index >= 15 is 0 Å². The van der Waals surface area contributed by atoms with Crippen LogP contribution < -0.4 is 5.32 Å². The highest BCUT2D eigenvalue weighted by molar-refractivity contribution is 5.37. The monoisotopic (exact) mass is 286 g/mol. The third-order valence-corrected chi connectivity index (χ3v) is 3.24. The molecule has 0 bridgehead atoms. The Balaban J connectivity index is 0.000000441. The SMILES string of the molecule is CC(C)(C)OC=O.CCCC1CNCCN1C(C)(C)C. The highest BCUT2D eigenvalue weighted by Crippen LogP contribution is 2.20. The van der Waals surface area contributed by atoms with Gasteiger partial charge in [0.25, 0.3) is 6.47 Å². The molecule has 1 aliphatic heterocycles. The van der Waals surface area contributed by atoms with Gasteiger partial charge in [-0.3, -0.25) is 9.69 Å². The van der Waals surface area contributed by atoms with Crippen molar-refractivity contribution >= 4 is 6.47 Å². The van der Waals surface area contributed by atoms with E-state index in [0.717, 1.165) is 12.6 Å². The van der Waals surface area contributed by atoms with Gasteiger partial charge in [-0.25, -0.2) is 0 Å². The maximum absolute atomic E-state index is 9.60. The molecule has 0 spiro atoms. The van der Waals surface area contributed by atoms with Crippen molar-refractivity contribution < 1.29 is 9.53 Å². The number of nitrogens with zero attached hydrogens (tertiary/aromatic N) is 1. The van der Waals surface area contributed by atoms with Gasteiger partial charge in [0, 0.05) is 31.2 Å². The summed E-state index contributed by atoms with van der Waals surface area (Å²) in [5.41, 5.74) is 0.0175. The Labute approximate surface area is 125 Å². The van der Waals surface area contributed by atoms with Crippen LogP contribution in [0.2, 0.25) is 0 Å². The highest BCUT2D eigenvalue weighted by Gasteiger charge is 2.29. The Hall–Kier alpha value is -0.610. The molecule has 0 radical (unpaired) electrons. The van der Waals surface area contributed by atoms with Crippen molar-refractivity contribution in [2.24, 2.45) is 0 Å². The molecule has 1 fully saturated rings. The van der Waals surface area contributed by atoms with Crippen molar-refractivity contribution in [3.8, 4) is 0 Å². The number of rotatable bonds is 3. The summed E-state index contributed by atoms with van der Waals surface area (Å²) in [7, 11) is 0. The first-order valence-corrected chi connectivity index (χ1v) is 7.70. The second-order valence-electron chi connectivity index (χ2n) is 7.34. The first kappa shape index (κ1) is 19.4. The fraction of sp³-hybridized carbons (Fsp3) is 0.938. The topological polar surface area (TPSA) is 41.6 Å². The summed E-state index contributed by atoms with van der Waals surface area (Å²) < 4.78 is 4.55. The largest absolute Gasteiger partial charge is 0.462 e. The van der Waals surface area contributed by atoms with Crippen LogP contribution in [-0.4, -0.2) is 48.2 Å². The Kier molecular flexibility index (Phi) is 8.36. The van der Waals surface area contributed by atoms with Gasteiger partial charge in [-0.2, -0.15) is 0 Å². The van der Waals surface area contributed by atoms with E-state index in [1.165, 1.54) is 25.9 Å². The van der Waals surface area contributed by atoms with Gasteiger partial charge < -0.3 is 10.1 Å². The van der Waals surface area contributed by atoms with Crippen molar-refractivity contribution in [2.45, 2.75) is 78.5 Å². The predicted octanol–water partition coefficient (Wildman–Crippen LogP) is 2.82. The van der Waals surface area contributed by atoms with Gasteiger partial charge in [0.1, 0.15) is 5.60 Å². The lowest BCUT2D eigenvalue weighted by Gasteiger charge is -2.45. The number of nitrogens with one attached hydrogen (secondary N) is 1. The lowest BCUT2D eigenvalue weighted by atomic mass is 9.98. The van der Waals surface area contributed by atoms with Crippen molar-refractivity contribution in [2.75, 3.05) is 19.6 Å². The zero-order valence-corrected chi connectivity index (χ0v) is 14.5. The van der Waals surface area contributed by atoms with Crippen molar-refractivity contribution in [3.05, 3.63) is 0 Å². The van der Waals surface area contributed by atoms with Crippen LogP contribution in [0.25, 0.3) is 0 Å². The molecule has 1 N–H and O–H groups in total. The van der Waals surface area contributed by atoms with Gasteiger partial charge in [-0.1, -0.05) is 13.3 Å². The number of ether oxygens (including phenoxy) is 1. The normalized spacial score (nSPS) is 20.9. The summed E-state index contributed by atoms with van der Waals surface area (Å²) in [6, 6.07) is 0.749. The molecule has 0 aromatic heterocycles. The highest BCUT2D eigenvalue weighted by atomic mass is 16.5. The molecule has 0 aliphatic carbocycles. The van der Waals surface area contributed by atoms with Crippen LogP contribution in [-0.2, 0) is 9.53 Å². The minimum atomic E-state index is -0.318. The molecule has 0 aromatic carbocycles. The minimum Gasteiger partial charge on any atom is -0.462 e. The van der Waals surface area contributed by atoms with E-state index in [0.29, 0.717) is 12.0 Å². The molecule has 120 valence electrons. The predicted molar refractivity (Wildman–Crippen MR) is 84.9 cm³/mol. The fourth-order valence-electron chi connectivity index (χ4n) is 2.38. The van der Waals surface area contributed by atoms with E-state index in [2.05, 4.69) is 42.6 Å². The third kappa shape index (κ3) is 8.54. The summed E-state index contributed by atoms with van der Waals surface area (Å²) in [5.74, 6) is 0. The van der Waals surface area contributed by atoms with E-state index in [9.17, 15) is 4.79 Å². The summed E-state index contributed by atoms with van der Waals surface area (Å²) >= 11 is 0. The van der Waals surface area contributed by atoms with Crippen LogP contribution in [0.15, 0.2) is 0 Å². The van der Waals surface area contributed by atoms with Crippen LogP contribution in [0.4, 0.5) is 0 Å². The maximum atomic E-state index is 9.60. The molecule has 0 saturated carbocycles. The number of carbonyl (C=O) groups excluding carboxylic acids is 1. The smallest absolute Gasteiger partial charge is 0.293 e. The van der Waals surface area contributed by atoms with Gasteiger partial charge in [0.15, 0.2) is 0 Å². The van der Waals surface area contributed by atoms with E-state index in [-0.39, 0.29) is 5.60 Å². The molecule has 4 heteroatoms. The average molecular weight is 286 g/mol. The van der Waals surface area contributed by atoms with E-state index in [4.69, 9.17) is 0 Å². The standard InChI is InChI=1S/C11H24N2.C5H10O2/c1-5-6-10-9-12-7-8-13(10)11(2,3)4;1-5(2,3)7-4-6/h10,12H,5-9H2,1-4H3;4H,1-3H3. The first-order valence-electron chi connectivity index (χ1n) is 7.70. The molecular weight excluding hydrogens is 252 g/mol. The Morgan fingerprint density at radius 1 is 1.25 bits per heavy atom. The lowest BCUT2D eigenvalue weighted by Crippen LogP contribution is -2.58. The second kappa shape index (κ2) is 8.63. The number of hydrogen-bond donors (Lipinski definition) is 1. The summed E-state index contributed by atoms with van der Waals surface area (Å²) in [4.78, 5) is 12.2. The molecule has 1 atom stereocenters. The summed E-state index contributed by atoms with van der Waals surface area (Å²) in [5, 5.41) is 3.48. The molecule has 1 saturated heterocycles. The number of carbonyl (C=O) groups is 1. The molecule has 1 aliphatic rings. The van der Waals surface area contributed by atoms with Gasteiger partial charge in [0.2, 0.25) is 0 Å². The Morgan fingerprint density at radius 2 is 1.85 bits per heavy atom. The maximum Gasteiger partial charge on any atom is 0.293 e. The molecular formula is C16H34N2O2. The first-order chi connectivity index (χ1) is 9.11. The van der Waals surface area contributed by atoms with E-state index in [1.807, 2.05) is 20.8 Å². The molecule has 20 heavy (non-hydrogen) atoms. The van der Waals surface area contributed by atoms with Crippen LogP contribution in [0.1, 0.15) is 61.3 Å². The van der Waals surface area contributed by atoms with Crippen molar-refractivity contribution in [1.29, 1.82) is 0 Å². The minimum absolute atomic E-state index is 0.318.